The molecule has 0 heterocycles. The van der Waals surface area contributed by atoms with E-state index in [0.29, 0.717) is 18.1 Å². The van der Waals surface area contributed by atoms with E-state index in [0.717, 1.165) is 11.6 Å². The van der Waals surface area contributed by atoms with Crippen LogP contribution in [0.4, 0.5) is 22.0 Å². The maximum absolute atomic E-state index is 14.0. The van der Waals surface area contributed by atoms with Gasteiger partial charge in [-0.1, -0.05) is 30.3 Å². The van der Waals surface area contributed by atoms with Gasteiger partial charge in [-0.05, 0) is 30.5 Å². The molecule has 2 aromatic rings. The lowest BCUT2D eigenvalue weighted by Crippen LogP contribution is -2.46. The molecular formula is C20H19F5N2O. The number of rotatable bonds is 5. The summed E-state index contributed by atoms with van der Waals surface area (Å²) in [4.78, 5) is 12.6. The minimum atomic E-state index is -4.39. The monoisotopic (exact) mass is 398 g/mol. The number of hydrogen-bond acceptors (Lipinski definition) is 2. The van der Waals surface area contributed by atoms with Crippen molar-refractivity contribution in [2.24, 2.45) is 0 Å². The summed E-state index contributed by atoms with van der Waals surface area (Å²) in [6, 6.07) is 8.63. The van der Waals surface area contributed by atoms with Crippen LogP contribution in [0.1, 0.15) is 35.6 Å². The summed E-state index contributed by atoms with van der Waals surface area (Å²) in [5.41, 5.74) is 1.56. The molecule has 1 aliphatic rings. The quantitative estimate of drug-likeness (QED) is 0.748. The van der Waals surface area contributed by atoms with E-state index >= 15 is 0 Å². The Morgan fingerprint density at radius 2 is 1.89 bits per heavy atom. The first-order valence-electron chi connectivity index (χ1n) is 8.79. The molecule has 0 bridgehead atoms. The van der Waals surface area contributed by atoms with E-state index in [1.807, 2.05) is 0 Å². The zero-order valence-electron chi connectivity index (χ0n) is 15.0. The van der Waals surface area contributed by atoms with Gasteiger partial charge in [0.1, 0.15) is 11.6 Å². The van der Waals surface area contributed by atoms with Gasteiger partial charge in [-0.3, -0.25) is 10.1 Å². The van der Waals surface area contributed by atoms with Crippen LogP contribution in [0.2, 0.25) is 0 Å². The van der Waals surface area contributed by atoms with Crippen LogP contribution in [0.15, 0.2) is 42.5 Å². The third-order valence-electron chi connectivity index (χ3n) is 4.90. The first-order valence-corrected chi connectivity index (χ1v) is 8.79. The molecule has 1 aliphatic carbocycles. The van der Waals surface area contributed by atoms with E-state index in [9.17, 15) is 26.7 Å². The van der Waals surface area contributed by atoms with Gasteiger partial charge in [-0.25, -0.2) is 8.78 Å². The average molecular weight is 398 g/mol. The fourth-order valence-electron chi connectivity index (χ4n) is 3.51. The summed E-state index contributed by atoms with van der Waals surface area (Å²) in [6.45, 7) is 0.270. The van der Waals surface area contributed by atoms with Gasteiger partial charge in [0.2, 0.25) is 5.91 Å². The zero-order valence-corrected chi connectivity index (χ0v) is 15.0. The van der Waals surface area contributed by atoms with Crippen molar-refractivity contribution in [2.75, 3.05) is 6.54 Å². The Hall–Kier alpha value is -2.48. The molecule has 28 heavy (non-hydrogen) atoms. The lowest BCUT2D eigenvalue weighted by molar-refractivity contribution is -0.127. The van der Waals surface area contributed by atoms with E-state index in [2.05, 4.69) is 10.6 Å². The van der Waals surface area contributed by atoms with Crippen LogP contribution in [0.3, 0.4) is 0 Å². The van der Waals surface area contributed by atoms with Gasteiger partial charge in [0.15, 0.2) is 0 Å². The fourth-order valence-corrected chi connectivity index (χ4v) is 3.51. The van der Waals surface area contributed by atoms with Gasteiger partial charge in [-0.15, -0.1) is 0 Å². The SMILES string of the molecule is CC(C(=O)N[C@H]1Cc2ccccc2[C@@H]1NCC(F)(F)F)c1ccc(F)cc1F. The molecule has 0 aliphatic heterocycles. The highest BCUT2D eigenvalue weighted by atomic mass is 19.4. The van der Waals surface area contributed by atoms with Crippen molar-refractivity contribution in [2.45, 2.75) is 37.5 Å². The van der Waals surface area contributed by atoms with E-state index in [4.69, 9.17) is 0 Å². The standard InChI is InChI=1S/C20H19F5N2O/c1-11(14-7-6-13(21)9-16(14)22)19(28)27-17-8-12-4-2-3-5-15(12)18(17)26-10-20(23,24)25/h2-7,9,11,17-18,26H,8,10H2,1H3,(H,27,28)/t11?,17-,18-/m0/s1. The average Bonchev–Trinajstić information content (AvgIpc) is 2.96. The number of alkyl halides is 3. The molecule has 1 amide bonds. The van der Waals surface area contributed by atoms with Crippen molar-refractivity contribution in [3.8, 4) is 0 Å². The van der Waals surface area contributed by atoms with Gasteiger partial charge in [0.25, 0.3) is 0 Å². The largest absolute Gasteiger partial charge is 0.401 e. The van der Waals surface area contributed by atoms with Gasteiger partial charge in [0.05, 0.1) is 24.5 Å². The molecule has 0 aromatic heterocycles. The van der Waals surface area contributed by atoms with Crippen molar-refractivity contribution < 1.29 is 26.7 Å². The molecule has 0 spiro atoms. The Kier molecular flexibility index (Phi) is 5.69. The van der Waals surface area contributed by atoms with Gasteiger partial charge >= 0.3 is 6.18 Å². The molecule has 0 saturated heterocycles. The summed E-state index contributed by atoms with van der Waals surface area (Å²) in [6.07, 6.45) is -4.04. The molecule has 0 saturated carbocycles. The minimum Gasteiger partial charge on any atom is -0.351 e. The molecule has 3 nitrogen and oxygen atoms in total. The van der Waals surface area contributed by atoms with E-state index in [1.54, 1.807) is 24.3 Å². The number of benzene rings is 2. The summed E-state index contributed by atoms with van der Waals surface area (Å²) in [5.74, 6) is -3.06. The van der Waals surface area contributed by atoms with Gasteiger partial charge < -0.3 is 5.32 Å². The van der Waals surface area contributed by atoms with Crippen LogP contribution in [0.5, 0.6) is 0 Å². The van der Waals surface area contributed by atoms with E-state index in [-0.39, 0.29) is 5.56 Å². The van der Waals surface area contributed by atoms with Crippen LogP contribution in [-0.2, 0) is 11.2 Å². The van der Waals surface area contributed by atoms with Gasteiger partial charge in [-0.2, -0.15) is 13.2 Å². The number of carbonyl (C=O) groups is 1. The molecule has 150 valence electrons. The predicted molar refractivity (Wildman–Crippen MR) is 93.6 cm³/mol. The Bertz CT molecular complexity index is 868. The molecule has 8 heteroatoms. The van der Waals surface area contributed by atoms with Crippen molar-refractivity contribution >= 4 is 5.91 Å². The Morgan fingerprint density at radius 1 is 1.18 bits per heavy atom. The van der Waals surface area contributed by atoms with Crippen molar-refractivity contribution in [3.63, 3.8) is 0 Å². The molecule has 0 fully saturated rings. The molecule has 3 atom stereocenters. The lowest BCUT2D eigenvalue weighted by Gasteiger charge is -2.25. The molecule has 0 radical (unpaired) electrons. The van der Waals surface area contributed by atoms with Crippen molar-refractivity contribution in [1.82, 2.24) is 10.6 Å². The number of nitrogens with one attached hydrogen (secondary N) is 2. The molecule has 1 unspecified atom stereocenters. The Labute approximate surface area is 158 Å². The predicted octanol–water partition coefficient (Wildman–Crippen LogP) is 4.00. The molecular weight excluding hydrogens is 379 g/mol. The smallest absolute Gasteiger partial charge is 0.351 e. The number of carbonyl (C=O) groups excluding carboxylic acids is 1. The second-order valence-corrected chi connectivity index (χ2v) is 6.88. The number of amides is 1. The first-order chi connectivity index (χ1) is 13.2. The Morgan fingerprint density at radius 3 is 2.57 bits per heavy atom. The summed E-state index contributed by atoms with van der Waals surface area (Å²) in [7, 11) is 0. The molecule has 2 aromatic carbocycles. The van der Waals surface area contributed by atoms with Crippen molar-refractivity contribution in [3.05, 3.63) is 70.8 Å². The second-order valence-electron chi connectivity index (χ2n) is 6.88. The first kappa shape index (κ1) is 20.3. The highest BCUT2D eigenvalue weighted by Crippen LogP contribution is 2.33. The second kappa shape index (κ2) is 7.87. The third kappa shape index (κ3) is 4.49. The maximum Gasteiger partial charge on any atom is 0.401 e. The normalized spacial score (nSPS) is 19.9. The summed E-state index contributed by atoms with van der Waals surface area (Å²) in [5, 5.41) is 5.19. The number of halogens is 5. The lowest BCUT2D eigenvalue weighted by atomic mass is 9.98. The van der Waals surface area contributed by atoms with Crippen LogP contribution < -0.4 is 10.6 Å². The Balaban J connectivity index is 1.76. The number of hydrogen-bond donors (Lipinski definition) is 2. The van der Waals surface area contributed by atoms with Crippen molar-refractivity contribution in [1.29, 1.82) is 0 Å². The molecule has 2 N–H and O–H groups in total. The van der Waals surface area contributed by atoms with Gasteiger partial charge in [0, 0.05) is 11.6 Å². The third-order valence-corrected chi connectivity index (χ3v) is 4.90. The topological polar surface area (TPSA) is 41.1 Å². The van der Waals surface area contributed by atoms with E-state index in [1.165, 1.54) is 13.0 Å². The fraction of sp³-hybridized carbons (Fsp3) is 0.350. The van der Waals surface area contributed by atoms with E-state index < -0.39 is 48.3 Å². The zero-order chi connectivity index (χ0) is 20.5. The highest BCUT2D eigenvalue weighted by molar-refractivity contribution is 5.83. The van der Waals surface area contributed by atoms with Crippen LogP contribution >= 0.6 is 0 Å². The summed E-state index contributed by atoms with van der Waals surface area (Å²) < 4.78 is 65.1. The maximum atomic E-state index is 14.0. The molecule has 3 rings (SSSR count). The van der Waals surface area contributed by atoms with Crippen LogP contribution in [0, 0.1) is 11.6 Å². The highest BCUT2D eigenvalue weighted by Gasteiger charge is 2.37. The van der Waals surface area contributed by atoms with Crippen LogP contribution in [-0.4, -0.2) is 24.7 Å². The van der Waals surface area contributed by atoms with Crippen LogP contribution in [0.25, 0.3) is 0 Å². The summed E-state index contributed by atoms with van der Waals surface area (Å²) >= 11 is 0. The number of fused-ring (bicyclic) bond motifs is 1. The minimum absolute atomic E-state index is 0.0224.